The average Bonchev–Trinajstić information content (AvgIpc) is 2.69. The molecule has 1 aliphatic carbocycles. The zero-order valence-corrected chi connectivity index (χ0v) is 16.5. The number of amides is 1. The molecule has 0 aliphatic heterocycles. The highest BCUT2D eigenvalue weighted by Crippen LogP contribution is 2.35. The molecule has 1 amide bonds. The van der Waals surface area contributed by atoms with E-state index in [0.29, 0.717) is 35.7 Å². The molecule has 2 aromatic carbocycles. The highest BCUT2D eigenvalue weighted by molar-refractivity contribution is 5.91. The van der Waals surface area contributed by atoms with Crippen molar-refractivity contribution >= 4 is 22.5 Å². The minimum absolute atomic E-state index is 0.0995. The highest BCUT2D eigenvalue weighted by atomic mass is 19.4. The number of carbonyl (C=O) groups excluding carboxylic acids is 1. The van der Waals surface area contributed by atoms with Gasteiger partial charge in [0.05, 0.1) is 12.0 Å². The maximum atomic E-state index is 14.3. The van der Waals surface area contributed by atoms with Crippen LogP contribution in [0.4, 0.5) is 27.8 Å². The van der Waals surface area contributed by atoms with E-state index in [9.17, 15) is 26.7 Å². The number of alkyl halides is 3. The summed E-state index contributed by atoms with van der Waals surface area (Å²) in [5.41, 5.74) is 4.48. The van der Waals surface area contributed by atoms with E-state index < -0.39 is 35.4 Å². The molecule has 1 heterocycles. The summed E-state index contributed by atoms with van der Waals surface area (Å²) >= 11 is 0. The Bertz CT molecular complexity index is 1170. The molecule has 3 aromatic rings. The fourth-order valence-corrected chi connectivity index (χ4v) is 3.65. The third kappa shape index (κ3) is 4.58. The minimum atomic E-state index is -4.82. The molecule has 0 spiro atoms. The zero-order chi connectivity index (χ0) is 23.0. The quantitative estimate of drug-likeness (QED) is 0.565. The number of nitrogens with one attached hydrogen (secondary N) is 1. The first-order valence-corrected chi connectivity index (χ1v) is 9.75. The smallest absolute Gasteiger partial charge is 0.419 e. The first-order valence-electron chi connectivity index (χ1n) is 9.75. The highest BCUT2D eigenvalue weighted by Gasteiger charge is 2.36. The summed E-state index contributed by atoms with van der Waals surface area (Å²) in [5.74, 6) is -2.21. The van der Waals surface area contributed by atoms with Gasteiger partial charge in [-0.2, -0.15) is 13.2 Å². The Morgan fingerprint density at radius 1 is 1.12 bits per heavy atom. The van der Waals surface area contributed by atoms with Gasteiger partial charge < -0.3 is 15.8 Å². The Kier molecular flexibility index (Phi) is 5.62. The summed E-state index contributed by atoms with van der Waals surface area (Å²) in [6.07, 6.45) is -3.23. The third-order valence-corrected chi connectivity index (χ3v) is 5.32. The molecular weight excluding hydrogens is 433 g/mol. The number of carbonyl (C=O) groups is 1. The molecule has 168 valence electrons. The number of halogens is 5. The van der Waals surface area contributed by atoms with E-state index in [0.717, 1.165) is 6.07 Å². The molecule has 10 heteroatoms. The first kappa shape index (κ1) is 21.8. The Balaban J connectivity index is 1.35. The Morgan fingerprint density at radius 3 is 2.56 bits per heavy atom. The molecular formula is C22H18F5N3O2. The van der Waals surface area contributed by atoms with E-state index in [1.807, 2.05) is 0 Å². The number of rotatable bonds is 5. The number of fused-ring (bicyclic) bond motifs is 1. The van der Waals surface area contributed by atoms with Gasteiger partial charge >= 0.3 is 6.18 Å². The lowest BCUT2D eigenvalue weighted by Crippen LogP contribution is -2.49. The summed E-state index contributed by atoms with van der Waals surface area (Å²) in [6.45, 7) is 0. The van der Waals surface area contributed by atoms with Crippen LogP contribution in [0.5, 0.6) is 5.75 Å². The van der Waals surface area contributed by atoms with Crippen molar-refractivity contribution in [2.75, 3.05) is 5.73 Å². The molecule has 1 saturated carbocycles. The van der Waals surface area contributed by atoms with Crippen molar-refractivity contribution in [1.82, 2.24) is 10.3 Å². The molecule has 32 heavy (non-hydrogen) atoms. The number of ether oxygens (including phenoxy) is 1. The van der Waals surface area contributed by atoms with Gasteiger partial charge in [0.1, 0.15) is 29.3 Å². The number of hydrogen-bond donors (Lipinski definition) is 2. The number of aromatic nitrogens is 1. The summed E-state index contributed by atoms with van der Waals surface area (Å²) in [7, 11) is 0. The molecule has 0 unspecified atom stereocenters. The van der Waals surface area contributed by atoms with Crippen molar-refractivity contribution in [2.24, 2.45) is 0 Å². The number of nitrogens with two attached hydrogens (primary N) is 1. The fraction of sp³-hybridized carbons (Fsp3) is 0.273. The van der Waals surface area contributed by atoms with Crippen LogP contribution in [0.2, 0.25) is 0 Å². The normalized spacial score (nSPS) is 18.3. The van der Waals surface area contributed by atoms with Gasteiger partial charge in [0.2, 0.25) is 5.91 Å². The SMILES string of the molecule is Nc1cc2c(CC(=O)NC3CC(Oc4ccc(F)c(C(F)(F)F)c4)C3)c(F)ccc2cn1. The van der Waals surface area contributed by atoms with Crippen molar-refractivity contribution in [3.63, 3.8) is 0 Å². The third-order valence-electron chi connectivity index (χ3n) is 5.32. The van der Waals surface area contributed by atoms with Crippen LogP contribution in [0.25, 0.3) is 10.8 Å². The fourth-order valence-electron chi connectivity index (χ4n) is 3.65. The van der Waals surface area contributed by atoms with Crippen LogP contribution in [0.15, 0.2) is 42.6 Å². The Hall–Kier alpha value is -3.43. The molecule has 1 aromatic heterocycles. The van der Waals surface area contributed by atoms with Crippen LogP contribution in [0.1, 0.15) is 24.0 Å². The van der Waals surface area contributed by atoms with Crippen LogP contribution < -0.4 is 15.8 Å². The van der Waals surface area contributed by atoms with Gasteiger partial charge in [-0.05, 0) is 41.8 Å². The molecule has 0 atom stereocenters. The average molecular weight is 451 g/mol. The summed E-state index contributed by atoms with van der Waals surface area (Å²) in [5, 5.41) is 3.91. The second kappa shape index (κ2) is 8.25. The number of anilines is 1. The van der Waals surface area contributed by atoms with Gasteiger partial charge in [-0.1, -0.05) is 0 Å². The topological polar surface area (TPSA) is 77.2 Å². The summed E-state index contributed by atoms with van der Waals surface area (Å²) in [4.78, 5) is 16.4. The second-order valence-corrected chi connectivity index (χ2v) is 7.65. The second-order valence-electron chi connectivity index (χ2n) is 7.65. The predicted octanol–water partition coefficient (Wildman–Crippen LogP) is 4.38. The predicted molar refractivity (Wildman–Crippen MR) is 107 cm³/mol. The minimum Gasteiger partial charge on any atom is -0.490 e. The van der Waals surface area contributed by atoms with Crippen molar-refractivity contribution in [3.05, 3.63) is 65.4 Å². The van der Waals surface area contributed by atoms with Crippen molar-refractivity contribution in [1.29, 1.82) is 0 Å². The standard InChI is InChI=1S/C22H18F5N3O2/c23-18-3-1-11-10-29-20(28)8-15(11)16(18)9-21(31)30-12-5-14(6-12)32-13-2-4-19(24)17(7-13)22(25,26)27/h1-4,7-8,10,12,14H,5-6,9H2,(H2,28,29)(H,30,31). The van der Waals surface area contributed by atoms with E-state index >= 15 is 0 Å². The van der Waals surface area contributed by atoms with Crippen LogP contribution in [-0.2, 0) is 17.4 Å². The van der Waals surface area contributed by atoms with E-state index in [4.69, 9.17) is 10.5 Å². The van der Waals surface area contributed by atoms with Crippen molar-refractivity contribution in [3.8, 4) is 5.75 Å². The van der Waals surface area contributed by atoms with Crippen molar-refractivity contribution < 1.29 is 31.5 Å². The van der Waals surface area contributed by atoms with Gasteiger partial charge in [0.25, 0.3) is 0 Å². The molecule has 3 N–H and O–H groups in total. The van der Waals surface area contributed by atoms with Gasteiger partial charge in [-0.15, -0.1) is 0 Å². The number of nitrogens with zero attached hydrogens (tertiary/aromatic N) is 1. The first-order chi connectivity index (χ1) is 15.1. The molecule has 0 saturated heterocycles. The number of nitrogen functional groups attached to an aromatic ring is 1. The Labute approximate surface area is 179 Å². The van der Waals surface area contributed by atoms with Crippen LogP contribution >= 0.6 is 0 Å². The van der Waals surface area contributed by atoms with E-state index in [1.165, 1.54) is 18.3 Å². The van der Waals surface area contributed by atoms with E-state index in [1.54, 1.807) is 6.07 Å². The summed E-state index contributed by atoms with van der Waals surface area (Å²) in [6, 6.07) is 6.49. The van der Waals surface area contributed by atoms with Gasteiger partial charge in [0.15, 0.2) is 0 Å². The van der Waals surface area contributed by atoms with Crippen LogP contribution in [-0.4, -0.2) is 23.0 Å². The van der Waals surface area contributed by atoms with Gasteiger partial charge in [-0.3, -0.25) is 4.79 Å². The van der Waals surface area contributed by atoms with Crippen molar-refractivity contribution in [2.45, 2.75) is 37.6 Å². The maximum absolute atomic E-state index is 14.3. The summed E-state index contributed by atoms with van der Waals surface area (Å²) < 4.78 is 71.6. The lowest BCUT2D eigenvalue weighted by atomic mass is 9.89. The lowest BCUT2D eigenvalue weighted by Gasteiger charge is -2.36. The van der Waals surface area contributed by atoms with E-state index in [2.05, 4.69) is 10.3 Å². The number of pyridine rings is 1. The van der Waals surface area contributed by atoms with E-state index in [-0.39, 0.29) is 29.6 Å². The molecule has 4 rings (SSSR count). The van der Waals surface area contributed by atoms with Crippen LogP contribution in [0.3, 0.4) is 0 Å². The monoisotopic (exact) mass is 451 g/mol. The lowest BCUT2D eigenvalue weighted by molar-refractivity contribution is -0.140. The largest absolute Gasteiger partial charge is 0.490 e. The zero-order valence-electron chi connectivity index (χ0n) is 16.5. The molecule has 1 fully saturated rings. The molecule has 5 nitrogen and oxygen atoms in total. The molecule has 0 bridgehead atoms. The number of hydrogen-bond acceptors (Lipinski definition) is 4. The molecule has 1 aliphatic rings. The maximum Gasteiger partial charge on any atom is 0.419 e. The number of benzene rings is 2. The van der Waals surface area contributed by atoms with Crippen LogP contribution in [0, 0.1) is 11.6 Å². The van der Waals surface area contributed by atoms with Gasteiger partial charge in [0, 0.05) is 36.0 Å². The molecule has 0 radical (unpaired) electrons. The Morgan fingerprint density at radius 2 is 1.84 bits per heavy atom. The van der Waals surface area contributed by atoms with Gasteiger partial charge in [-0.25, -0.2) is 13.8 Å².